The summed E-state index contributed by atoms with van der Waals surface area (Å²) in [5, 5.41) is 4.14. The average molecular weight is 267 g/mol. The minimum absolute atomic E-state index is 0.197. The molecule has 0 bridgehead atoms. The molecule has 1 heterocycles. The molecule has 4 heteroatoms. The number of nitrogens with one attached hydrogen (secondary N) is 1. The van der Waals surface area contributed by atoms with Gasteiger partial charge in [0.2, 0.25) is 5.91 Å². The summed E-state index contributed by atoms with van der Waals surface area (Å²) in [5.74, 6) is 0.243. The number of likely N-dealkylation sites (tertiary alicyclic amines) is 1. The lowest BCUT2D eigenvalue weighted by molar-refractivity contribution is -0.127. The highest BCUT2D eigenvalue weighted by Gasteiger charge is 2.28. The Bertz CT molecular complexity index is 447. The van der Waals surface area contributed by atoms with Gasteiger partial charge in [-0.05, 0) is 31.0 Å². The third kappa shape index (κ3) is 2.96. The standard InChI is InChI=1S/C14H19ClN2O/c1-3-6-17-9-12(8-14(17)18)16-11-5-4-10(2)13(15)7-11/h4-5,7,12,16H,3,6,8-9H2,1-2H3. The van der Waals surface area contributed by atoms with Gasteiger partial charge >= 0.3 is 0 Å². The van der Waals surface area contributed by atoms with Crippen molar-refractivity contribution in [2.45, 2.75) is 32.7 Å². The molecule has 1 amide bonds. The van der Waals surface area contributed by atoms with Crippen molar-refractivity contribution >= 4 is 23.2 Å². The van der Waals surface area contributed by atoms with Crippen molar-refractivity contribution in [1.29, 1.82) is 0 Å². The molecule has 98 valence electrons. The molecule has 1 aliphatic heterocycles. The van der Waals surface area contributed by atoms with Crippen molar-refractivity contribution in [2.24, 2.45) is 0 Å². The predicted octanol–water partition coefficient (Wildman–Crippen LogP) is 3.07. The van der Waals surface area contributed by atoms with Gasteiger partial charge in [-0.25, -0.2) is 0 Å². The van der Waals surface area contributed by atoms with E-state index in [2.05, 4.69) is 12.2 Å². The van der Waals surface area contributed by atoms with Gasteiger partial charge in [0.25, 0.3) is 0 Å². The first-order valence-corrected chi connectivity index (χ1v) is 6.78. The van der Waals surface area contributed by atoms with Crippen LogP contribution in [-0.2, 0) is 4.79 Å². The minimum atomic E-state index is 0.197. The van der Waals surface area contributed by atoms with Gasteiger partial charge in [-0.15, -0.1) is 0 Å². The smallest absolute Gasteiger partial charge is 0.224 e. The Morgan fingerprint density at radius 3 is 2.94 bits per heavy atom. The van der Waals surface area contributed by atoms with Crippen LogP contribution in [0.5, 0.6) is 0 Å². The van der Waals surface area contributed by atoms with Crippen LogP contribution in [0.3, 0.4) is 0 Å². The van der Waals surface area contributed by atoms with Crippen molar-refractivity contribution in [3.63, 3.8) is 0 Å². The molecule has 0 spiro atoms. The molecule has 1 aromatic carbocycles. The molecule has 0 aromatic heterocycles. The Morgan fingerprint density at radius 2 is 2.28 bits per heavy atom. The Balaban J connectivity index is 1.98. The molecule has 3 nitrogen and oxygen atoms in total. The van der Waals surface area contributed by atoms with Gasteiger partial charge in [-0.2, -0.15) is 0 Å². The Morgan fingerprint density at radius 1 is 1.50 bits per heavy atom. The number of nitrogens with zero attached hydrogens (tertiary/aromatic N) is 1. The molecule has 1 atom stereocenters. The van der Waals surface area contributed by atoms with Crippen LogP contribution >= 0.6 is 11.6 Å². The van der Waals surface area contributed by atoms with Crippen LogP contribution in [-0.4, -0.2) is 29.9 Å². The minimum Gasteiger partial charge on any atom is -0.380 e. The first kappa shape index (κ1) is 13.2. The molecule has 1 saturated heterocycles. The van der Waals surface area contributed by atoms with Crippen molar-refractivity contribution < 1.29 is 4.79 Å². The fraction of sp³-hybridized carbons (Fsp3) is 0.500. The van der Waals surface area contributed by atoms with E-state index < -0.39 is 0 Å². The van der Waals surface area contributed by atoms with E-state index in [9.17, 15) is 4.79 Å². The largest absolute Gasteiger partial charge is 0.380 e. The average Bonchev–Trinajstić information content (AvgIpc) is 2.65. The van der Waals surface area contributed by atoms with E-state index in [-0.39, 0.29) is 11.9 Å². The summed E-state index contributed by atoms with van der Waals surface area (Å²) in [6.07, 6.45) is 1.58. The van der Waals surface area contributed by atoms with Gasteiger partial charge in [0, 0.05) is 30.2 Å². The number of benzene rings is 1. The van der Waals surface area contributed by atoms with E-state index in [1.165, 1.54) is 0 Å². The molecule has 1 N–H and O–H groups in total. The SMILES string of the molecule is CCCN1CC(Nc2ccc(C)c(Cl)c2)CC1=O. The first-order valence-electron chi connectivity index (χ1n) is 6.40. The Kier molecular flexibility index (Phi) is 4.12. The topological polar surface area (TPSA) is 32.3 Å². The maximum Gasteiger partial charge on any atom is 0.224 e. The van der Waals surface area contributed by atoms with Crippen LogP contribution in [0, 0.1) is 6.92 Å². The van der Waals surface area contributed by atoms with Gasteiger partial charge in [-0.1, -0.05) is 24.6 Å². The quantitative estimate of drug-likeness (QED) is 0.908. The number of hydrogen-bond donors (Lipinski definition) is 1. The summed E-state index contributed by atoms with van der Waals surface area (Å²) in [6, 6.07) is 6.12. The normalized spacial score (nSPS) is 19.4. The number of carbonyl (C=O) groups is 1. The monoisotopic (exact) mass is 266 g/mol. The molecular weight excluding hydrogens is 248 g/mol. The van der Waals surface area contributed by atoms with Crippen molar-refractivity contribution in [3.05, 3.63) is 28.8 Å². The summed E-state index contributed by atoms with van der Waals surface area (Å²) < 4.78 is 0. The highest BCUT2D eigenvalue weighted by atomic mass is 35.5. The lowest BCUT2D eigenvalue weighted by Crippen LogP contribution is -2.28. The lowest BCUT2D eigenvalue weighted by Gasteiger charge is -2.17. The van der Waals surface area contributed by atoms with E-state index in [1.807, 2.05) is 30.0 Å². The molecule has 0 saturated carbocycles. The van der Waals surface area contributed by atoms with Crippen molar-refractivity contribution in [1.82, 2.24) is 4.90 Å². The molecule has 1 aliphatic rings. The highest BCUT2D eigenvalue weighted by molar-refractivity contribution is 6.31. The maximum absolute atomic E-state index is 11.7. The van der Waals surface area contributed by atoms with Gasteiger partial charge in [-0.3, -0.25) is 4.79 Å². The molecule has 1 unspecified atom stereocenters. The fourth-order valence-corrected chi connectivity index (χ4v) is 2.45. The van der Waals surface area contributed by atoms with Crippen LogP contribution < -0.4 is 5.32 Å². The summed E-state index contributed by atoms with van der Waals surface area (Å²) >= 11 is 6.09. The molecule has 2 rings (SSSR count). The van der Waals surface area contributed by atoms with E-state index in [1.54, 1.807) is 0 Å². The first-order chi connectivity index (χ1) is 8.60. The molecule has 1 fully saturated rings. The van der Waals surface area contributed by atoms with Gasteiger partial charge in [0.15, 0.2) is 0 Å². The predicted molar refractivity (Wildman–Crippen MR) is 75.1 cm³/mol. The summed E-state index contributed by atoms with van der Waals surface area (Å²) in [7, 11) is 0. The van der Waals surface area contributed by atoms with Gasteiger partial charge < -0.3 is 10.2 Å². The van der Waals surface area contributed by atoms with Crippen LogP contribution in [0.1, 0.15) is 25.3 Å². The molecular formula is C14H19ClN2O. The molecule has 0 aliphatic carbocycles. The zero-order chi connectivity index (χ0) is 13.1. The van der Waals surface area contributed by atoms with Crippen LogP contribution in [0.4, 0.5) is 5.69 Å². The van der Waals surface area contributed by atoms with Crippen molar-refractivity contribution in [3.8, 4) is 0 Å². The number of aryl methyl sites for hydroxylation is 1. The van der Waals surface area contributed by atoms with Gasteiger partial charge in [0.05, 0.1) is 6.04 Å². The van der Waals surface area contributed by atoms with E-state index in [0.717, 1.165) is 35.8 Å². The number of rotatable bonds is 4. The number of halogens is 1. The summed E-state index contributed by atoms with van der Waals surface area (Å²) in [5.41, 5.74) is 2.05. The van der Waals surface area contributed by atoms with Gasteiger partial charge in [0.1, 0.15) is 0 Å². The molecule has 0 radical (unpaired) electrons. The third-order valence-corrected chi connectivity index (χ3v) is 3.66. The number of anilines is 1. The zero-order valence-electron chi connectivity index (χ0n) is 10.9. The lowest BCUT2D eigenvalue weighted by atomic mass is 10.2. The second kappa shape index (κ2) is 5.61. The third-order valence-electron chi connectivity index (χ3n) is 3.25. The second-order valence-corrected chi connectivity index (χ2v) is 5.26. The Hall–Kier alpha value is -1.22. The Labute approximate surface area is 113 Å². The number of hydrogen-bond acceptors (Lipinski definition) is 2. The summed E-state index contributed by atoms with van der Waals surface area (Å²) in [6.45, 7) is 5.71. The van der Waals surface area contributed by atoms with Crippen LogP contribution in [0.2, 0.25) is 5.02 Å². The van der Waals surface area contributed by atoms with Crippen LogP contribution in [0.15, 0.2) is 18.2 Å². The highest BCUT2D eigenvalue weighted by Crippen LogP contribution is 2.22. The van der Waals surface area contributed by atoms with Crippen molar-refractivity contribution in [2.75, 3.05) is 18.4 Å². The van der Waals surface area contributed by atoms with E-state index in [0.29, 0.717) is 6.42 Å². The number of carbonyl (C=O) groups excluding carboxylic acids is 1. The maximum atomic E-state index is 11.7. The van der Waals surface area contributed by atoms with E-state index in [4.69, 9.17) is 11.6 Å². The fourth-order valence-electron chi connectivity index (χ4n) is 2.27. The molecule has 18 heavy (non-hydrogen) atoms. The number of amides is 1. The second-order valence-electron chi connectivity index (χ2n) is 4.85. The zero-order valence-corrected chi connectivity index (χ0v) is 11.6. The van der Waals surface area contributed by atoms with E-state index >= 15 is 0 Å². The molecule has 1 aromatic rings. The summed E-state index contributed by atoms with van der Waals surface area (Å²) in [4.78, 5) is 13.7. The van der Waals surface area contributed by atoms with Crippen LogP contribution in [0.25, 0.3) is 0 Å².